The molecular weight excluding hydrogens is 225 g/mol. The second-order valence-electron chi connectivity index (χ2n) is 4.96. The first-order valence-corrected chi connectivity index (χ1v) is 8.60. The van der Waals surface area contributed by atoms with Gasteiger partial charge in [0.15, 0.2) is 0 Å². The third kappa shape index (κ3) is 5.56. The van der Waals surface area contributed by atoms with E-state index in [0.29, 0.717) is 0 Å². The molecule has 0 saturated carbocycles. The second-order valence-corrected chi connectivity index (χ2v) is 9.98. The molecule has 3 heteroatoms. The molecule has 0 fully saturated rings. The zero-order chi connectivity index (χ0) is 10.8. The Labute approximate surface area is 138 Å². The van der Waals surface area contributed by atoms with Crippen molar-refractivity contribution in [1.82, 2.24) is 0 Å². The molecule has 0 radical (unpaired) electrons. The van der Waals surface area contributed by atoms with E-state index >= 15 is 0 Å². The van der Waals surface area contributed by atoms with Crippen molar-refractivity contribution in [3.8, 4) is 0 Å². The summed E-state index contributed by atoms with van der Waals surface area (Å²) >= 11 is 0. The third-order valence-electron chi connectivity index (χ3n) is 2.01. The molecule has 0 aliphatic heterocycles. The fourth-order valence-corrected chi connectivity index (χ4v) is 2.66. The summed E-state index contributed by atoms with van der Waals surface area (Å²) in [5.74, 6) is 0. The first kappa shape index (κ1) is 15.7. The van der Waals surface area contributed by atoms with E-state index in [9.17, 15) is 0 Å². The smallest absolute Gasteiger partial charge is 0.428 e. The van der Waals surface area contributed by atoms with E-state index in [0.717, 1.165) is 0 Å². The number of nitrogens with zero attached hydrogens (tertiary/aromatic N) is 1. The van der Waals surface area contributed by atoms with Crippen LogP contribution in [0.15, 0.2) is 24.3 Å². The Bertz CT molecular complexity index is 305. The summed E-state index contributed by atoms with van der Waals surface area (Å²) in [4.78, 5) is 2.17. The van der Waals surface area contributed by atoms with E-state index in [1.165, 1.54) is 11.3 Å². The maximum Gasteiger partial charge on any atom is 1.00 e. The van der Waals surface area contributed by atoms with Crippen LogP contribution in [0.4, 0.5) is 5.69 Å². The largest absolute Gasteiger partial charge is 1.00 e. The Morgan fingerprint density at radius 2 is 1.60 bits per heavy atom. The van der Waals surface area contributed by atoms with Gasteiger partial charge in [0, 0.05) is 8.07 Å². The van der Waals surface area contributed by atoms with Crippen molar-refractivity contribution in [2.75, 3.05) is 19.0 Å². The van der Waals surface area contributed by atoms with Gasteiger partial charge in [-0.25, -0.2) is 0 Å². The molecule has 0 saturated heterocycles. The minimum atomic E-state index is -1.13. The first-order valence-electron chi connectivity index (χ1n) is 5.02. The topological polar surface area (TPSA) is 3.24 Å². The van der Waals surface area contributed by atoms with Crippen molar-refractivity contribution in [2.45, 2.75) is 19.6 Å². The number of rotatable bonds is 3. The van der Waals surface area contributed by atoms with E-state index < -0.39 is 8.07 Å². The fourth-order valence-electron chi connectivity index (χ4n) is 1.48. The van der Waals surface area contributed by atoms with Gasteiger partial charge in [-0.3, -0.25) is 0 Å². The average Bonchev–Trinajstić information content (AvgIpc) is 2.01. The molecule has 1 rings (SSSR count). The van der Waals surface area contributed by atoms with Crippen LogP contribution in [0.5, 0.6) is 0 Å². The molecule has 0 bridgehead atoms. The minimum absolute atomic E-state index is 0. The van der Waals surface area contributed by atoms with E-state index in [1.807, 2.05) is 0 Å². The molecule has 0 aliphatic rings. The quantitative estimate of drug-likeness (QED) is 0.543. The molecule has 0 spiro atoms. The first-order chi connectivity index (χ1) is 6.40. The van der Waals surface area contributed by atoms with E-state index in [4.69, 9.17) is 0 Å². The molecule has 1 aromatic carbocycles. The molecule has 1 nitrogen and oxygen atoms in total. The molecule has 0 aromatic heterocycles. The third-order valence-corrected chi connectivity index (χ3v) is 3.18. The van der Waals surface area contributed by atoms with E-state index in [2.05, 4.69) is 68.9 Å². The van der Waals surface area contributed by atoms with Crippen LogP contribution >= 0.6 is 0 Å². The van der Waals surface area contributed by atoms with Crippen molar-refractivity contribution in [3.05, 3.63) is 35.9 Å². The molecule has 0 aliphatic carbocycles. The SMILES string of the molecule is CN(C)c1ccccc1[CH-][Si](C)(C)C.[K+]. The summed E-state index contributed by atoms with van der Waals surface area (Å²) in [6.07, 6.45) is 0. The summed E-state index contributed by atoms with van der Waals surface area (Å²) < 4.78 is 0. The van der Waals surface area contributed by atoms with E-state index in [-0.39, 0.29) is 51.4 Å². The molecule has 0 atom stereocenters. The minimum Gasteiger partial charge on any atom is -0.428 e. The predicted octanol–water partition coefficient (Wildman–Crippen LogP) is 0.186. The molecule has 1 aromatic rings. The van der Waals surface area contributed by atoms with Crippen LogP contribution in [-0.4, -0.2) is 22.2 Å². The van der Waals surface area contributed by atoms with Crippen molar-refractivity contribution in [2.24, 2.45) is 0 Å². The molecule has 0 heterocycles. The van der Waals surface area contributed by atoms with Gasteiger partial charge in [0.1, 0.15) is 0 Å². The molecule has 0 amide bonds. The van der Waals surface area contributed by atoms with Crippen molar-refractivity contribution >= 4 is 13.8 Å². The Balaban J connectivity index is 0.00000196. The van der Waals surface area contributed by atoms with Crippen LogP contribution in [0, 0.1) is 6.04 Å². The van der Waals surface area contributed by atoms with Gasteiger partial charge in [0.2, 0.25) is 0 Å². The molecule has 0 N–H and O–H groups in total. The summed E-state index contributed by atoms with van der Waals surface area (Å²) in [5, 5.41) is 0. The second kappa shape index (κ2) is 6.47. The van der Waals surface area contributed by atoms with Gasteiger partial charge in [0.25, 0.3) is 0 Å². The predicted molar refractivity (Wildman–Crippen MR) is 67.5 cm³/mol. The van der Waals surface area contributed by atoms with Gasteiger partial charge in [-0.05, 0) is 14.1 Å². The summed E-state index contributed by atoms with van der Waals surface area (Å²) in [7, 11) is 3.06. The molecular formula is C12H20KNSi. The average molecular weight is 245 g/mol. The van der Waals surface area contributed by atoms with Gasteiger partial charge in [-0.1, -0.05) is 37.5 Å². The van der Waals surface area contributed by atoms with Crippen LogP contribution < -0.4 is 56.3 Å². The number of anilines is 1. The summed E-state index contributed by atoms with van der Waals surface area (Å²) in [6.45, 7) is 7.08. The summed E-state index contributed by atoms with van der Waals surface area (Å²) in [6, 6.07) is 11.0. The van der Waals surface area contributed by atoms with Crippen LogP contribution in [-0.2, 0) is 0 Å². The van der Waals surface area contributed by atoms with E-state index in [1.54, 1.807) is 0 Å². The van der Waals surface area contributed by atoms with Crippen LogP contribution in [0.1, 0.15) is 5.56 Å². The van der Waals surface area contributed by atoms with Crippen LogP contribution in [0.25, 0.3) is 0 Å². The van der Waals surface area contributed by atoms with Gasteiger partial charge < -0.3 is 4.90 Å². The van der Waals surface area contributed by atoms with Gasteiger partial charge in [-0.2, -0.15) is 17.7 Å². The van der Waals surface area contributed by atoms with Crippen molar-refractivity contribution in [3.63, 3.8) is 0 Å². The maximum absolute atomic E-state index is 2.45. The van der Waals surface area contributed by atoms with Crippen LogP contribution in [0.2, 0.25) is 19.6 Å². The standard InChI is InChI=1S/C12H20NSi.K/c1-13(2)12-9-7-6-8-11(12)10-14(3,4)5;/h6-10H,1-5H3;/q-1;+1. The molecule has 15 heavy (non-hydrogen) atoms. The van der Waals surface area contributed by atoms with Gasteiger partial charge in [0.05, 0.1) is 0 Å². The number of para-hydroxylation sites is 1. The molecule has 78 valence electrons. The maximum atomic E-state index is 2.45. The zero-order valence-electron chi connectivity index (χ0n) is 10.8. The van der Waals surface area contributed by atoms with Gasteiger partial charge in [-0.15, -0.1) is 6.07 Å². The summed E-state index contributed by atoms with van der Waals surface area (Å²) in [5.41, 5.74) is 2.69. The normalized spacial score (nSPS) is 10.5. The molecule has 0 unspecified atom stereocenters. The van der Waals surface area contributed by atoms with Gasteiger partial charge >= 0.3 is 51.4 Å². The number of hydrogen-bond acceptors (Lipinski definition) is 1. The van der Waals surface area contributed by atoms with Crippen molar-refractivity contribution in [1.29, 1.82) is 0 Å². The Morgan fingerprint density at radius 3 is 2.07 bits per heavy atom. The fraction of sp³-hybridized carbons (Fsp3) is 0.417. The number of hydrogen-bond donors (Lipinski definition) is 0. The van der Waals surface area contributed by atoms with Crippen LogP contribution in [0.3, 0.4) is 0 Å². The Morgan fingerprint density at radius 1 is 1.07 bits per heavy atom. The zero-order valence-corrected chi connectivity index (χ0v) is 15.0. The monoisotopic (exact) mass is 245 g/mol. The van der Waals surface area contributed by atoms with Crippen molar-refractivity contribution < 1.29 is 51.4 Å². The Hall–Kier alpha value is 0.743. The Kier molecular flexibility index (Phi) is 6.79. The number of benzene rings is 1.